The molecule has 1 aromatic carbocycles. The van der Waals surface area contributed by atoms with E-state index in [4.69, 9.17) is 5.73 Å². The van der Waals surface area contributed by atoms with Crippen LogP contribution in [-0.4, -0.2) is 36.5 Å². The van der Waals surface area contributed by atoms with Gasteiger partial charge < -0.3 is 11.1 Å². The smallest absolute Gasteiger partial charge is 0.231 e. The molecule has 0 unspecified atom stereocenters. The van der Waals surface area contributed by atoms with Gasteiger partial charge >= 0.3 is 0 Å². The molecular weight excluding hydrogens is 325 g/mol. The fourth-order valence-electron chi connectivity index (χ4n) is 2.58. The maximum absolute atomic E-state index is 13.6. The number of nitrogens with one attached hydrogen (secondary N) is 1. The maximum Gasteiger partial charge on any atom is 0.231 e. The molecule has 1 aliphatic heterocycles. The van der Waals surface area contributed by atoms with E-state index < -0.39 is 0 Å². The highest BCUT2D eigenvalue weighted by atomic mass is 79.9. The van der Waals surface area contributed by atoms with E-state index in [9.17, 15) is 9.18 Å². The van der Waals surface area contributed by atoms with E-state index in [0.717, 1.165) is 31.5 Å². The minimum atomic E-state index is -0.351. The number of nitrogens with two attached hydrogens (primary N) is 1. The lowest BCUT2D eigenvalue weighted by molar-refractivity contribution is -0.120. The molecule has 1 aliphatic rings. The van der Waals surface area contributed by atoms with Crippen LogP contribution in [0.5, 0.6) is 0 Å². The fraction of sp³-hybridized carbons (Fsp3) is 0.500. The first kappa shape index (κ1) is 15.4. The minimum Gasteiger partial charge on any atom is -0.369 e. The van der Waals surface area contributed by atoms with E-state index in [2.05, 4.69) is 21.2 Å². The molecule has 0 aromatic heterocycles. The van der Waals surface area contributed by atoms with Crippen molar-refractivity contribution < 1.29 is 9.18 Å². The van der Waals surface area contributed by atoms with Gasteiger partial charge in [0.05, 0.1) is 11.0 Å². The highest BCUT2D eigenvalue weighted by Crippen LogP contribution is 2.23. The topological polar surface area (TPSA) is 58.4 Å². The Hall–Kier alpha value is -0.980. The third-order valence-electron chi connectivity index (χ3n) is 3.59. The van der Waals surface area contributed by atoms with Crippen LogP contribution in [0.25, 0.3) is 0 Å². The molecule has 0 saturated carbocycles. The Morgan fingerprint density at radius 3 is 2.80 bits per heavy atom. The summed E-state index contributed by atoms with van der Waals surface area (Å²) in [6.45, 7) is 2.59. The molecule has 1 amide bonds. The molecule has 110 valence electrons. The number of benzene rings is 1. The van der Waals surface area contributed by atoms with Gasteiger partial charge in [0.25, 0.3) is 0 Å². The number of carbonyl (C=O) groups excluding carboxylic acids is 1. The van der Waals surface area contributed by atoms with Gasteiger partial charge in [-0.05, 0) is 53.5 Å². The number of nitrogens with zero attached hydrogens (tertiary/aromatic N) is 1. The van der Waals surface area contributed by atoms with Crippen LogP contribution in [0.1, 0.15) is 18.4 Å². The minimum absolute atomic E-state index is 0.202. The summed E-state index contributed by atoms with van der Waals surface area (Å²) in [5, 5.41) is 3.30. The summed E-state index contributed by atoms with van der Waals surface area (Å²) in [5.74, 6) is -0.636. The van der Waals surface area contributed by atoms with Crippen molar-refractivity contribution >= 4 is 21.8 Å². The number of piperidine rings is 1. The van der Waals surface area contributed by atoms with Crippen molar-refractivity contribution in [3.8, 4) is 0 Å². The van der Waals surface area contributed by atoms with E-state index in [1.807, 2.05) is 11.0 Å². The quantitative estimate of drug-likeness (QED) is 0.854. The van der Waals surface area contributed by atoms with Crippen LogP contribution >= 0.6 is 15.9 Å². The van der Waals surface area contributed by atoms with Gasteiger partial charge in [0, 0.05) is 12.6 Å². The predicted molar refractivity (Wildman–Crippen MR) is 79.6 cm³/mol. The van der Waals surface area contributed by atoms with Crippen molar-refractivity contribution in [1.29, 1.82) is 0 Å². The summed E-state index contributed by atoms with van der Waals surface area (Å²) in [7, 11) is 0. The third kappa shape index (κ3) is 4.01. The van der Waals surface area contributed by atoms with E-state index >= 15 is 0 Å². The van der Waals surface area contributed by atoms with Crippen molar-refractivity contribution in [2.45, 2.75) is 25.4 Å². The number of primary amides is 1. The Labute approximate surface area is 126 Å². The molecule has 0 atom stereocenters. The van der Waals surface area contributed by atoms with Crippen LogP contribution in [0, 0.1) is 5.82 Å². The number of halogens is 2. The molecule has 1 heterocycles. The Morgan fingerprint density at radius 2 is 2.15 bits per heavy atom. The van der Waals surface area contributed by atoms with Gasteiger partial charge in [-0.25, -0.2) is 4.39 Å². The second-order valence-corrected chi connectivity index (χ2v) is 5.86. The first-order chi connectivity index (χ1) is 9.58. The molecule has 1 saturated heterocycles. The maximum atomic E-state index is 13.6. The second-order valence-electron chi connectivity index (χ2n) is 5.07. The van der Waals surface area contributed by atoms with Crippen LogP contribution in [0.3, 0.4) is 0 Å². The molecule has 1 fully saturated rings. The number of rotatable bonds is 5. The normalized spacial score (nSPS) is 16.6. The Kier molecular flexibility index (Phi) is 5.51. The lowest BCUT2D eigenvalue weighted by atomic mass is 10.0. The zero-order valence-corrected chi connectivity index (χ0v) is 12.8. The average molecular weight is 344 g/mol. The third-order valence-corrected chi connectivity index (χ3v) is 4.48. The summed E-state index contributed by atoms with van der Waals surface area (Å²) in [6, 6.07) is 5.26. The number of hydrogen-bond acceptors (Lipinski definition) is 3. The van der Waals surface area contributed by atoms with Crippen molar-refractivity contribution in [1.82, 2.24) is 10.2 Å². The highest BCUT2D eigenvalue weighted by Gasteiger charge is 2.23. The molecule has 0 spiro atoms. The Morgan fingerprint density at radius 1 is 1.45 bits per heavy atom. The predicted octanol–water partition coefficient (Wildman–Crippen LogP) is 1.63. The van der Waals surface area contributed by atoms with Crippen LogP contribution in [0.15, 0.2) is 22.7 Å². The first-order valence-corrected chi connectivity index (χ1v) is 7.53. The van der Waals surface area contributed by atoms with Gasteiger partial charge in [-0.3, -0.25) is 9.69 Å². The summed E-state index contributed by atoms with van der Waals surface area (Å²) >= 11 is 3.27. The van der Waals surface area contributed by atoms with Crippen LogP contribution in [-0.2, 0) is 11.3 Å². The van der Waals surface area contributed by atoms with Gasteiger partial charge in [-0.2, -0.15) is 0 Å². The second kappa shape index (κ2) is 7.15. The summed E-state index contributed by atoms with van der Waals surface area (Å²) in [4.78, 5) is 13.3. The fourth-order valence-corrected chi connectivity index (χ4v) is 2.97. The van der Waals surface area contributed by atoms with E-state index in [1.165, 1.54) is 6.07 Å². The number of hydrogen-bond donors (Lipinski definition) is 2. The summed E-state index contributed by atoms with van der Waals surface area (Å²) in [6.07, 6.45) is 1.94. The van der Waals surface area contributed by atoms with Crippen molar-refractivity contribution in [3.05, 3.63) is 34.1 Å². The van der Waals surface area contributed by atoms with Crippen molar-refractivity contribution in [2.24, 2.45) is 5.73 Å². The number of amides is 1. The molecule has 0 radical (unpaired) electrons. The van der Waals surface area contributed by atoms with Gasteiger partial charge in [0.1, 0.15) is 5.82 Å². The van der Waals surface area contributed by atoms with Gasteiger partial charge in [0.15, 0.2) is 0 Å². The monoisotopic (exact) mass is 343 g/mol. The van der Waals surface area contributed by atoms with Gasteiger partial charge in [0.2, 0.25) is 5.91 Å². The molecule has 0 aliphatic carbocycles. The van der Waals surface area contributed by atoms with Gasteiger partial charge in [-0.1, -0.05) is 12.1 Å². The molecule has 2 rings (SSSR count). The van der Waals surface area contributed by atoms with Crippen molar-refractivity contribution in [3.63, 3.8) is 0 Å². The van der Waals surface area contributed by atoms with Crippen molar-refractivity contribution in [2.75, 3.05) is 19.6 Å². The summed E-state index contributed by atoms with van der Waals surface area (Å²) < 4.78 is 14.0. The molecule has 4 nitrogen and oxygen atoms in total. The Balaban J connectivity index is 2.14. The molecule has 3 N–H and O–H groups in total. The average Bonchev–Trinajstić information content (AvgIpc) is 2.43. The molecular formula is C14H19BrFN3O. The van der Waals surface area contributed by atoms with Crippen LogP contribution in [0.4, 0.5) is 4.39 Å². The highest BCUT2D eigenvalue weighted by molar-refractivity contribution is 9.10. The SMILES string of the molecule is NC(=O)CN(Cc1cccc(F)c1Br)C1CCNCC1. The standard InChI is InChI=1S/C14H19BrFN3O/c15-14-10(2-1-3-12(14)16)8-19(9-13(17)20)11-4-6-18-7-5-11/h1-3,11,18H,4-9H2,(H2,17,20). The first-order valence-electron chi connectivity index (χ1n) is 6.74. The molecule has 0 bridgehead atoms. The molecule has 1 aromatic rings. The van der Waals surface area contributed by atoms with Crippen LogP contribution < -0.4 is 11.1 Å². The Bertz CT molecular complexity index is 477. The lowest BCUT2D eigenvalue weighted by Crippen LogP contribution is -2.46. The van der Waals surface area contributed by atoms with Crippen LogP contribution in [0.2, 0.25) is 0 Å². The largest absolute Gasteiger partial charge is 0.369 e. The lowest BCUT2D eigenvalue weighted by Gasteiger charge is -2.34. The molecule has 20 heavy (non-hydrogen) atoms. The van der Waals surface area contributed by atoms with Gasteiger partial charge in [-0.15, -0.1) is 0 Å². The zero-order chi connectivity index (χ0) is 14.5. The summed E-state index contributed by atoms with van der Waals surface area (Å²) in [5.41, 5.74) is 6.18. The van der Waals surface area contributed by atoms with E-state index in [0.29, 0.717) is 17.1 Å². The zero-order valence-electron chi connectivity index (χ0n) is 11.2. The number of carbonyl (C=O) groups is 1. The van der Waals surface area contributed by atoms with E-state index in [-0.39, 0.29) is 18.3 Å². The van der Waals surface area contributed by atoms with E-state index in [1.54, 1.807) is 6.07 Å². The molecule has 6 heteroatoms.